The number of carbonyl (C=O) groups is 2. The smallest absolute Gasteiger partial charge is 0.306 e. The summed E-state index contributed by atoms with van der Waals surface area (Å²) in [6.07, 6.45) is 25.4. The predicted molar refractivity (Wildman–Crippen MR) is 136 cm³/mol. The molecular formula is C28H52O5. The van der Waals surface area contributed by atoms with Crippen LogP contribution in [0.2, 0.25) is 0 Å². The summed E-state index contributed by atoms with van der Waals surface area (Å²) in [4.78, 5) is 23.2. The van der Waals surface area contributed by atoms with E-state index in [2.05, 4.69) is 19.1 Å². The minimum Gasteiger partial charge on any atom is -0.462 e. The van der Waals surface area contributed by atoms with E-state index < -0.39 is 6.10 Å². The van der Waals surface area contributed by atoms with Crippen LogP contribution >= 0.6 is 0 Å². The van der Waals surface area contributed by atoms with Crippen molar-refractivity contribution in [1.29, 1.82) is 0 Å². The van der Waals surface area contributed by atoms with Crippen LogP contribution in [-0.2, 0) is 19.1 Å². The van der Waals surface area contributed by atoms with E-state index in [0.717, 1.165) is 19.3 Å². The van der Waals surface area contributed by atoms with Gasteiger partial charge in [-0.05, 0) is 38.5 Å². The molecule has 1 N–H and O–H groups in total. The quantitative estimate of drug-likeness (QED) is 0.0905. The summed E-state index contributed by atoms with van der Waals surface area (Å²) in [5.41, 5.74) is 0. The average Bonchev–Trinajstić information content (AvgIpc) is 2.81. The summed E-state index contributed by atoms with van der Waals surface area (Å²) < 4.78 is 10.2. The Balaban J connectivity index is 3.44. The molecule has 5 nitrogen and oxygen atoms in total. The van der Waals surface area contributed by atoms with Crippen LogP contribution in [-0.4, -0.2) is 36.4 Å². The number of ether oxygens (including phenoxy) is 2. The van der Waals surface area contributed by atoms with Gasteiger partial charge in [-0.3, -0.25) is 9.59 Å². The predicted octanol–water partition coefficient (Wildman–Crippen LogP) is 7.44. The van der Waals surface area contributed by atoms with Crippen molar-refractivity contribution >= 4 is 11.9 Å². The standard InChI is InChI=1S/C28H52O5/c1-3-5-6-7-8-9-10-11-12-13-14-15-16-17-18-19-20-21-23-28(31)33-26(24-29)25-32-27(30)22-4-2/h12-13,26,29H,3-11,14-25H2,1-2H3/b13-12-. The van der Waals surface area contributed by atoms with E-state index in [4.69, 9.17) is 9.47 Å². The summed E-state index contributed by atoms with van der Waals surface area (Å²) in [6, 6.07) is 0. The Morgan fingerprint density at radius 1 is 0.667 bits per heavy atom. The summed E-state index contributed by atoms with van der Waals surface area (Å²) in [7, 11) is 0. The molecule has 0 aromatic heterocycles. The van der Waals surface area contributed by atoms with E-state index in [9.17, 15) is 14.7 Å². The number of hydrogen-bond acceptors (Lipinski definition) is 5. The lowest BCUT2D eigenvalue weighted by Gasteiger charge is -2.15. The van der Waals surface area contributed by atoms with Gasteiger partial charge in [0.1, 0.15) is 6.61 Å². The first-order chi connectivity index (χ1) is 16.1. The maximum atomic E-state index is 11.9. The Kier molecular flexibility index (Phi) is 24.2. The first-order valence-corrected chi connectivity index (χ1v) is 13.7. The molecule has 0 aromatic rings. The van der Waals surface area contributed by atoms with Gasteiger partial charge < -0.3 is 14.6 Å². The van der Waals surface area contributed by atoms with Crippen molar-refractivity contribution in [3.63, 3.8) is 0 Å². The molecule has 194 valence electrons. The van der Waals surface area contributed by atoms with E-state index in [1.807, 2.05) is 6.92 Å². The van der Waals surface area contributed by atoms with Gasteiger partial charge in [-0.25, -0.2) is 0 Å². The van der Waals surface area contributed by atoms with Crippen LogP contribution < -0.4 is 0 Å². The molecule has 0 saturated carbocycles. The second kappa shape index (κ2) is 25.3. The number of esters is 2. The van der Waals surface area contributed by atoms with E-state index >= 15 is 0 Å². The summed E-state index contributed by atoms with van der Waals surface area (Å²) in [5, 5.41) is 9.27. The number of carbonyl (C=O) groups excluding carboxylic acids is 2. The Morgan fingerprint density at radius 2 is 1.18 bits per heavy atom. The molecule has 0 fully saturated rings. The molecule has 0 saturated heterocycles. The SMILES string of the molecule is CCCCCCCCC/C=C\CCCCCCCCCC(=O)OC(CO)COC(=O)CCC. The molecule has 33 heavy (non-hydrogen) atoms. The van der Waals surface area contributed by atoms with Crippen molar-refractivity contribution in [2.45, 2.75) is 142 Å². The average molecular weight is 469 g/mol. The maximum Gasteiger partial charge on any atom is 0.306 e. The molecule has 5 heteroatoms. The van der Waals surface area contributed by atoms with E-state index in [1.54, 1.807) is 0 Å². The molecule has 0 aliphatic rings. The third-order valence-corrected chi connectivity index (χ3v) is 5.78. The van der Waals surface area contributed by atoms with Crippen LogP contribution in [0.4, 0.5) is 0 Å². The highest BCUT2D eigenvalue weighted by molar-refractivity contribution is 5.70. The summed E-state index contributed by atoms with van der Waals surface area (Å²) >= 11 is 0. The third-order valence-electron chi connectivity index (χ3n) is 5.78. The fraction of sp³-hybridized carbons (Fsp3) is 0.857. The minimum absolute atomic E-state index is 0.0740. The zero-order chi connectivity index (χ0) is 24.4. The van der Waals surface area contributed by atoms with Crippen LogP contribution in [0.5, 0.6) is 0 Å². The fourth-order valence-electron chi connectivity index (χ4n) is 3.70. The Labute approximate surface area is 203 Å². The number of aliphatic hydroxyl groups is 1. The molecule has 0 aliphatic carbocycles. The maximum absolute atomic E-state index is 11.9. The fourth-order valence-corrected chi connectivity index (χ4v) is 3.70. The normalized spacial score (nSPS) is 12.2. The molecule has 0 spiro atoms. The van der Waals surface area contributed by atoms with Crippen LogP contribution in [0.15, 0.2) is 12.2 Å². The van der Waals surface area contributed by atoms with Gasteiger partial charge in [0, 0.05) is 12.8 Å². The minimum atomic E-state index is -0.761. The van der Waals surface area contributed by atoms with Crippen molar-refractivity contribution < 1.29 is 24.2 Å². The Hall–Kier alpha value is -1.36. The van der Waals surface area contributed by atoms with E-state index in [0.29, 0.717) is 19.3 Å². The lowest BCUT2D eigenvalue weighted by molar-refractivity contribution is -0.161. The molecule has 0 heterocycles. The molecular weight excluding hydrogens is 416 g/mol. The Morgan fingerprint density at radius 3 is 1.70 bits per heavy atom. The molecule has 1 unspecified atom stereocenters. The Bertz CT molecular complexity index is 475. The van der Waals surface area contributed by atoms with E-state index in [1.165, 1.54) is 83.5 Å². The summed E-state index contributed by atoms with van der Waals surface area (Å²) in [5.74, 6) is -0.657. The monoisotopic (exact) mass is 468 g/mol. The van der Waals surface area contributed by atoms with Crippen molar-refractivity contribution in [3.05, 3.63) is 12.2 Å². The number of hydrogen-bond donors (Lipinski definition) is 1. The number of rotatable bonds is 24. The van der Waals surface area contributed by atoms with Crippen molar-refractivity contribution in [2.24, 2.45) is 0 Å². The van der Waals surface area contributed by atoms with Gasteiger partial charge in [0.2, 0.25) is 0 Å². The molecule has 1 atom stereocenters. The van der Waals surface area contributed by atoms with Crippen LogP contribution in [0.3, 0.4) is 0 Å². The first kappa shape index (κ1) is 31.6. The molecule has 0 bridgehead atoms. The molecule has 0 aromatic carbocycles. The second-order valence-electron chi connectivity index (χ2n) is 9.12. The highest BCUT2D eigenvalue weighted by Gasteiger charge is 2.15. The second-order valence-corrected chi connectivity index (χ2v) is 9.12. The lowest BCUT2D eigenvalue weighted by atomic mass is 10.1. The van der Waals surface area contributed by atoms with Crippen LogP contribution in [0.25, 0.3) is 0 Å². The van der Waals surface area contributed by atoms with Crippen LogP contribution in [0.1, 0.15) is 136 Å². The third kappa shape index (κ3) is 23.6. The van der Waals surface area contributed by atoms with Gasteiger partial charge in [0.15, 0.2) is 6.10 Å². The number of unbranched alkanes of at least 4 members (excludes halogenated alkanes) is 14. The molecule has 0 aliphatic heterocycles. The van der Waals surface area contributed by atoms with Crippen molar-refractivity contribution in [1.82, 2.24) is 0 Å². The van der Waals surface area contributed by atoms with Gasteiger partial charge in [0.05, 0.1) is 6.61 Å². The lowest BCUT2D eigenvalue weighted by Crippen LogP contribution is -2.28. The van der Waals surface area contributed by atoms with Gasteiger partial charge >= 0.3 is 11.9 Å². The zero-order valence-corrected chi connectivity index (χ0v) is 21.7. The van der Waals surface area contributed by atoms with Gasteiger partial charge in [-0.15, -0.1) is 0 Å². The highest BCUT2D eigenvalue weighted by atomic mass is 16.6. The highest BCUT2D eigenvalue weighted by Crippen LogP contribution is 2.12. The number of allylic oxidation sites excluding steroid dienone is 2. The van der Waals surface area contributed by atoms with Crippen molar-refractivity contribution in [3.8, 4) is 0 Å². The number of aliphatic hydroxyl groups excluding tert-OH is 1. The summed E-state index contributed by atoms with van der Waals surface area (Å²) in [6.45, 7) is 3.75. The van der Waals surface area contributed by atoms with Gasteiger partial charge in [0.25, 0.3) is 0 Å². The molecule has 0 amide bonds. The van der Waals surface area contributed by atoms with Gasteiger partial charge in [-0.2, -0.15) is 0 Å². The first-order valence-electron chi connectivity index (χ1n) is 13.7. The van der Waals surface area contributed by atoms with Crippen molar-refractivity contribution in [2.75, 3.05) is 13.2 Å². The zero-order valence-electron chi connectivity index (χ0n) is 21.7. The molecule has 0 rings (SSSR count). The largest absolute Gasteiger partial charge is 0.462 e. The van der Waals surface area contributed by atoms with Gasteiger partial charge in [-0.1, -0.05) is 96.6 Å². The topological polar surface area (TPSA) is 72.8 Å². The molecule has 0 radical (unpaired) electrons. The van der Waals surface area contributed by atoms with Crippen LogP contribution in [0, 0.1) is 0 Å². The van der Waals surface area contributed by atoms with E-state index in [-0.39, 0.29) is 25.2 Å².